The molecular formula is C17H15ClIN3O2. The fourth-order valence-corrected chi connectivity index (χ4v) is 3.60. The second-order valence-electron chi connectivity index (χ2n) is 5.40. The van der Waals surface area contributed by atoms with Crippen LogP contribution in [0.5, 0.6) is 0 Å². The number of carbonyl (C=O) groups is 2. The van der Waals surface area contributed by atoms with Crippen molar-refractivity contribution in [2.75, 3.05) is 29.9 Å². The number of nitrogens with one attached hydrogen (secondary N) is 2. The maximum absolute atomic E-state index is 12.4. The lowest BCUT2D eigenvalue weighted by Gasteiger charge is -2.28. The lowest BCUT2D eigenvalue weighted by Crippen LogP contribution is -2.47. The van der Waals surface area contributed by atoms with Crippen LogP contribution in [0.2, 0.25) is 5.02 Å². The molecule has 124 valence electrons. The smallest absolute Gasteiger partial charge is 0.256 e. The van der Waals surface area contributed by atoms with Gasteiger partial charge in [0.2, 0.25) is 5.91 Å². The van der Waals surface area contributed by atoms with Crippen LogP contribution in [0.4, 0.5) is 11.4 Å². The molecule has 7 heteroatoms. The molecular weight excluding hydrogens is 441 g/mol. The van der Waals surface area contributed by atoms with E-state index in [1.807, 2.05) is 29.2 Å². The minimum atomic E-state index is -0.179. The first-order valence-corrected chi connectivity index (χ1v) is 8.87. The SMILES string of the molecule is O=C1CN(c2ccc(NC(=O)c3ccc(Cl)cc3I)cc2)CCN1. The minimum Gasteiger partial charge on any atom is -0.360 e. The Kier molecular flexibility index (Phi) is 5.25. The highest BCUT2D eigenvalue weighted by atomic mass is 127. The molecule has 2 aromatic carbocycles. The van der Waals surface area contributed by atoms with Crippen molar-refractivity contribution in [1.29, 1.82) is 0 Å². The number of benzene rings is 2. The van der Waals surface area contributed by atoms with Gasteiger partial charge >= 0.3 is 0 Å². The summed E-state index contributed by atoms with van der Waals surface area (Å²) in [5, 5.41) is 6.27. The van der Waals surface area contributed by atoms with E-state index in [0.717, 1.165) is 15.8 Å². The number of halogens is 2. The van der Waals surface area contributed by atoms with Crippen molar-refractivity contribution < 1.29 is 9.59 Å². The van der Waals surface area contributed by atoms with Gasteiger partial charge in [-0.2, -0.15) is 0 Å². The molecule has 1 aliphatic rings. The largest absolute Gasteiger partial charge is 0.360 e. The van der Waals surface area contributed by atoms with E-state index in [1.165, 1.54) is 0 Å². The van der Waals surface area contributed by atoms with Crippen LogP contribution in [0.1, 0.15) is 10.4 Å². The minimum absolute atomic E-state index is 0.0240. The Morgan fingerprint density at radius 2 is 1.96 bits per heavy atom. The Labute approximate surface area is 158 Å². The first kappa shape index (κ1) is 17.0. The topological polar surface area (TPSA) is 61.4 Å². The highest BCUT2D eigenvalue weighted by molar-refractivity contribution is 14.1. The summed E-state index contributed by atoms with van der Waals surface area (Å²) in [6.07, 6.45) is 0. The molecule has 2 aromatic rings. The Morgan fingerprint density at radius 3 is 2.62 bits per heavy atom. The molecule has 0 bridgehead atoms. The Hall–Kier alpha value is -1.80. The normalized spacial score (nSPS) is 14.2. The second-order valence-corrected chi connectivity index (χ2v) is 7.00. The summed E-state index contributed by atoms with van der Waals surface area (Å²) in [7, 11) is 0. The lowest BCUT2D eigenvalue weighted by atomic mass is 10.2. The van der Waals surface area contributed by atoms with E-state index in [-0.39, 0.29) is 11.8 Å². The predicted octanol–water partition coefficient (Wildman–Crippen LogP) is 3.13. The van der Waals surface area contributed by atoms with E-state index in [0.29, 0.717) is 29.4 Å². The fourth-order valence-electron chi connectivity index (χ4n) is 2.49. The molecule has 1 saturated heterocycles. The van der Waals surface area contributed by atoms with Gasteiger partial charge in [-0.05, 0) is 65.1 Å². The summed E-state index contributed by atoms with van der Waals surface area (Å²) in [4.78, 5) is 25.8. The van der Waals surface area contributed by atoms with Crippen molar-refractivity contribution in [2.45, 2.75) is 0 Å². The molecule has 5 nitrogen and oxygen atoms in total. The van der Waals surface area contributed by atoms with Gasteiger partial charge in [0.05, 0.1) is 12.1 Å². The number of carbonyl (C=O) groups excluding carboxylic acids is 2. The molecule has 1 heterocycles. The molecule has 0 aliphatic carbocycles. The quantitative estimate of drug-likeness (QED) is 0.699. The van der Waals surface area contributed by atoms with Crippen LogP contribution in [-0.2, 0) is 4.79 Å². The third kappa shape index (κ3) is 3.99. The number of amides is 2. The molecule has 0 spiro atoms. The van der Waals surface area contributed by atoms with E-state index in [1.54, 1.807) is 18.2 Å². The third-order valence-corrected chi connectivity index (χ3v) is 4.83. The molecule has 0 unspecified atom stereocenters. The van der Waals surface area contributed by atoms with Crippen molar-refractivity contribution in [3.8, 4) is 0 Å². The molecule has 24 heavy (non-hydrogen) atoms. The van der Waals surface area contributed by atoms with Crippen LogP contribution >= 0.6 is 34.2 Å². The van der Waals surface area contributed by atoms with E-state index < -0.39 is 0 Å². The highest BCUT2D eigenvalue weighted by Gasteiger charge is 2.16. The molecule has 2 amide bonds. The second kappa shape index (κ2) is 7.40. The van der Waals surface area contributed by atoms with E-state index in [9.17, 15) is 9.59 Å². The van der Waals surface area contributed by atoms with Crippen LogP contribution in [-0.4, -0.2) is 31.4 Å². The van der Waals surface area contributed by atoms with Crippen LogP contribution in [0, 0.1) is 3.57 Å². The standard InChI is InChI=1S/C17H15ClIN3O2/c18-11-1-6-14(15(19)9-11)17(24)21-12-2-4-13(5-3-12)22-8-7-20-16(23)10-22/h1-6,9H,7-8,10H2,(H,20,23)(H,21,24). The number of hydrogen-bond acceptors (Lipinski definition) is 3. The van der Waals surface area contributed by atoms with Crippen molar-refractivity contribution >= 4 is 57.4 Å². The van der Waals surface area contributed by atoms with Gasteiger partial charge in [-0.15, -0.1) is 0 Å². The van der Waals surface area contributed by atoms with Crippen molar-refractivity contribution in [2.24, 2.45) is 0 Å². The van der Waals surface area contributed by atoms with Crippen LogP contribution < -0.4 is 15.5 Å². The van der Waals surface area contributed by atoms with Crippen LogP contribution in [0.15, 0.2) is 42.5 Å². The molecule has 1 fully saturated rings. The van der Waals surface area contributed by atoms with Gasteiger partial charge in [0.15, 0.2) is 0 Å². The molecule has 0 atom stereocenters. The number of anilines is 2. The van der Waals surface area contributed by atoms with Gasteiger partial charge in [-0.1, -0.05) is 11.6 Å². The van der Waals surface area contributed by atoms with E-state index in [4.69, 9.17) is 11.6 Å². The van der Waals surface area contributed by atoms with Gasteiger partial charge in [0, 0.05) is 33.1 Å². The monoisotopic (exact) mass is 455 g/mol. The number of rotatable bonds is 3. The maximum atomic E-state index is 12.4. The zero-order valence-corrected chi connectivity index (χ0v) is 15.6. The summed E-state index contributed by atoms with van der Waals surface area (Å²) in [5.41, 5.74) is 2.25. The molecule has 3 rings (SSSR count). The van der Waals surface area contributed by atoms with Crippen LogP contribution in [0.25, 0.3) is 0 Å². The molecule has 2 N–H and O–H groups in total. The first-order chi connectivity index (χ1) is 11.5. The summed E-state index contributed by atoms with van der Waals surface area (Å²) in [5.74, 6) is -0.155. The fraction of sp³-hybridized carbons (Fsp3) is 0.176. The predicted molar refractivity (Wildman–Crippen MR) is 104 cm³/mol. The molecule has 0 radical (unpaired) electrons. The average Bonchev–Trinajstić information content (AvgIpc) is 2.55. The lowest BCUT2D eigenvalue weighted by molar-refractivity contribution is -0.120. The van der Waals surface area contributed by atoms with Crippen molar-refractivity contribution in [3.63, 3.8) is 0 Å². The first-order valence-electron chi connectivity index (χ1n) is 7.41. The average molecular weight is 456 g/mol. The molecule has 0 saturated carbocycles. The van der Waals surface area contributed by atoms with E-state index in [2.05, 4.69) is 33.2 Å². The van der Waals surface area contributed by atoms with Crippen molar-refractivity contribution in [1.82, 2.24) is 5.32 Å². The summed E-state index contributed by atoms with van der Waals surface area (Å²) >= 11 is 8.00. The number of piperazine rings is 1. The van der Waals surface area contributed by atoms with Gasteiger partial charge < -0.3 is 15.5 Å². The zero-order chi connectivity index (χ0) is 17.1. The van der Waals surface area contributed by atoms with Crippen LogP contribution in [0.3, 0.4) is 0 Å². The van der Waals surface area contributed by atoms with Crippen molar-refractivity contribution in [3.05, 3.63) is 56.6 Å². The zero-order valence-electron chi connectivity index (χ0n) is 12.7. The molecule has 0 aromatic heterocycles. The third-order valence-electron chi connectivity index (χ3n) is 3.70. The van der Waals surface area contributed by atoms with Gasteiger partial charge in [0.1, 0.15) is 0 Å². The maximum Gasteiger partial charge on any atom is 0.256 e. The Bertz CT molecular complexity index is 780. The Morgan fingerprint density at radius 1 is 1.21 bits per heavy atom. The number of nitrogens with zero attached hydrogens (tertiary/aromatic N) is 1. The van der Waals surface area contributed by atoms with E-state index >= 15 is 0 Å². The number of hydrogen-bond donors (Lipinski definition) is 2. The highest BCUT2D eigenvalue weighted by Crippen LogP contribution is 2.21. The Balaban J connectivity index is 1.69. The summed E-state index contributed by atoms with van der Waals surface area (Å²) in [6, 6.07) is 12.6. The van der Waals surface area contributed by atoms with Gasteiger partial charge in [0.25, 0.3) is 5.91 Å². The molecule has 1 aliphatic heterocycles. The summed E-state index contributed by atoms with van der Waals surface area (Å²) < 4.78 is 0.800. The van der Waals surface area contributed by atoms with Gasteiger partial charge in [-0.3, -0.25) is 9.59 Å². The summed E-state index contributed by atoms with van der Waals surface area (Å²) in [6.45, 7) is 1.78. The van der Waals surface area contributed by atoms with Gasteiger partial charge in [-0.25, -0.2) is 0 Å².